The second kappa shape index (κ2) is 4.48. The fraction of sp³-hybridized carbons (Fsp3) is 0.923. The average molecular weight is 183 g/mol. The van der Waals surface area contributed by atoms with Crippen LogP contribution >= 0.6 is 0 Å². The van der Waals surface area contributed by atoms with Crippen molar-refractivity contribution in [3.8, 4) is 0 Å². The normalized spacial score (nSPS) is 13.8. The molecule has 0 heterocycles. The minimum absolute atomic E-state index is 0.455. The lowest BCUT2D eigenvalue weighted by molar-refractivity contribution is 0.316. The molecule has 0 aromatic rings. The zero-order chi connectivity index (χ0) is 10.7. The Kier molecular flexibility index (Phi) is 4.48. The van der Waals surface area contributed by atoms with Crippen LogP contribution in [0.3, 0.4) is 0 Å². The topological polar surface area (TPSA) is 0 Å². The molecule has 0 bridgehead atoms. The van der Waals surface area contributed by atoms with Crippen molar-refractivity contribution in [2.24, 2.45) is 10.8 Å². The SMILES string of the molecule is CC[C](CC(C)(C)C)CC(C)(C)C. The maximum atomic E-state index is 2.32. The lowest BCUT2D eigenvalue weighted by Crippen LogP contribution is -2.17. The Bertz CT molecular complexity index is 115. The van der Waals surface area contributed by atoms with Gasteiger partial charge in [-0.25, -0.2) is 0 Å². The first-order valence-corrected chi connectivity index (χ1v) is 5.47. The van der Waals surface area contributed by atoms with E-state index in [1.54, 1.807) is 5.92 Å². The van der Waals surface area contributed by atoms with Crippen molar-refractivity contribution in [3.05, 3.63) is 5.92 Å². The molecule has 0 saturated carbocycles. The molecular formula is C13H27. The minimum Gasteiger partial charge on any atom is -0.0648 e. The fourth-order valence-corrected chi connectivity index (χ4v) is 1.81. The van der Waals surface area contributed by atoms with E-state index in [0.717, 1.165) is 0 Å². The monoisotopic (exact) mass is 183 g/mol. The van der Waals surface area contributed by atoms with Crippen molar-refractivity contribution in [2.75, 3.05) is 0 Å². The molecule has 0 aromatic carbocycles. The van der Waals surface area contributed by atoms with Gasteiger partial charge in [-0.2, -0.15) is 0 Å². The molecule has 0 amide bonds. The van der Waals surface area contributed by atoms with E-state index in [0.29, 0.717) is 10.8 Å². The van der Waals surface area contributed by atoms with Gasteiger partial charge in [-0.1, -0.05) is 48.5 Å². The number of hydrogen-bond acceptors (Lipinski definition) is 0. The van der Waals surface area contributed by atoms with Gasteiger partial charge in [0.25, 0.3) is 0 Å². The lowest BCUT2D eigenvalue weighted by Gasteiger charge is -2.29. The van der Waals surface area contributed by atoms with E-state index < -0.39 is 0 Å². The molecule has 0 heteroatoms. The zero-order valence-corrected chi connectivity index (χ0v) is 10.6. The van der Waals surface area contributed by atoms with E-state index in [9.17, 15) is 0 Å². The molecule has 0 spiro atoms. The molecule has 1 radical (unpaired) electrons. The van der Waals surface area contributed by atoms with Crippen molar-refractivity contribution in [1.29, 1.82) is 0 Å². The van der Waals surface area contributed by atoms with Crippen molar-refractivity contribution in [2.45, 2.75) is 67.7 Å². The van der Waals surface area contributed by atoms with Crippen LogP contribution in [0.5, 0.6) is 0 Å². The van der Waals surface area contributed by atoms with Gasteiger partial charge in [0.2, 0.25) is 0 Å². The molecule has 13 heavy (non-hydrogen) atoms. The largest absolute Gasteiger partial charge is 0.0648 e. The van der Waals surface area contributed by atoms with E-state index in [1.165, 1.54) is 19.3 Å². The van der Waals surface area contributed by atoms with E-state index in [1.807, 2.05) is 0 Å². The summed E-state index contributed by atoms with van der Waals surface area (Å²) in [5.74, 6) is 1.72. The highest BCUT2D eigenvalue weighted by Gasteiger charge is 2.22. The first-order valence-electron chi connectivity index (χ1n) is 5.47. The minimum atomic E-state index is 0.455. The van der Waals surface area contributed by atoms with Crippen LogP contribution in [0.1, 0.15) is 67.7 Å². The molecule has 0 aromatic heterocycles. The Hall–Kier alpha value is 0. The summed E-state index contributed by atoms with van der Waals surface area (Å²) in [5, 5.41) is 0. The second-order valence-electron chi connectivity index (χ2n) is 6.58. The molecule has 0 nitrogen and oxygen atoms in total. The molecule has 0 saturated heterocycles. The van der Waals surface area contributed by atoms with Gasteiger partial charge in [0, 0.05) is 0 Å². The Balaban J connectivity index is 4.05. The summed E-state index contributed by atoms with van der Waals surface area (Å²) in [6.45, 7) is 16.2. The summed E-state index contributed by atoms with van der Waals surface area (Å²) >= 11 is 0. The summed E-state index contributed by atoms with van der Waals surface area (Å²) in [6.07, 6.45) is 3.80. The summed E-state index contributed by atoms with van der Waals surface area (Å²) < 4.78 is 0. The molecule has 0 fully saturated rings. The van der Waals surface area contributed by atoms with Crippen LogP contribution in [-0.4, -0.2) is 0 Å². The highest BCUT2D eigenvalue weighted by Crippen LogP contribution is 2.35. The molecule has 0 aliphatic carbocycles. The van der Waals surface area contributed by atoms with Gasteiger partial charge >= 0.3 is 0 Å². The third-order valence-electron chi connectivity index (χ3n) is 2.06. The first kappa shape index (κ1) is 13.0. The van der Waals surface area contributed by atoms with E-state index in [4.69, 9.17) is 0 Å². The van der Waals surface area contributed by atoms with E-state index in [2.05, 4.69) is 48.5 Å². The molecular weight excluding hydrogens is 156 g/mol. The van der Waals surface area contributed by atoms with E-state index in [-0.39, 0.29) is 0 Å². The first-order chi connectivity index (χ1) is 5.64. The van der Waals surface area contributed by atoms with Gasteiger partial charge in [-0.15, -0.1) is 0 Å². The van der Waals surface area contributed by atoms with Crippen LogP contribution in [-0.2, 0) is 0 Å². The Morgan fingerprint density at radius 3 is 1.23 bits per heavy atom. The average Bonchev–Trinajstić information content (AvgIpc) is 1.79. The predicted octanol–water partition coefficient (Wildman–Crippen LogP) is 4.84. The molecule has 0 N–H and O–H groups in total. The smallest absolute Gasteiger partial charge is 0.0233 e. The third kappa shape index (κ3) is 8.33. The van der Waals surface area contributed by atoms with Gasteiger partial charge in [-0.05, 0) is 36.0 Å². The van der Waals surface area contributed by atoms with Gasteiger partial charge in [0.1, 0.15) is 0 Å². The lowest BCUT2D eigenvalue weighted by atomic mass is 9.76. The summed E-state index contributed by atoms with van der Waals surface area (Å²) in [5.41, 5.74) is 0.910. The van der Waals surface area contributed by atoms with Gasteiger partial charge < -0.3 is 0 Å². The quantitative estimate of drug-likeness (QED) is 0.587. The molecule has 0 unspecified atom stereocenters. The Morgan fingerprint density at radius 2 is 1.08 bits per heavy atom. The standard InChI is InChI=1S/C13H27/c1-8-11(9-12(2,3)4)10-13(5,6)7/h8-10H2,1-7H3. The van der Waals surface area contributed by atoms with Crippen LogP contribution in [0, 0.1) is 16.7 Å². The fourth-order valence-electron chi connectivity index (χ4n) is 1.81. The van der Waals surface area contributed by atoms with Gasteiger partial charge in [-0.3, -0.25) is 0 Å². The zero-order valence-electron chi connectivity index (χ0n) is 10.6. The number of hydrogen-bond donors (Lipinski definition) is 0. The summed E-state index contributed by atoms with van der Waals surface area (Å²) in [4.78, 5) is 0. The summed E-state index contributed by atoms with van der Waals surface area (Å²) in [6, 6.07) is 0. The van der Waals surface area contributed by atoms with Crippen LogP contribution in [0.15, 0.2) is 0 Å². The Morgan fingerprint density at radius 1 is 0.769 bits per heavy atom. The van der Waals surface area contributed by atoms with E-state index >= 15 is 0 Å². The van der Waals surface area contributed by atoms with Crippen LogP contribution in [0.4, 0.5) is 0 Å². The molecule has 0 rings (SSSR count). The van der Waals surface area contributed by atoms with Crippen LogP contribution in [0.2, 0.25) is 0 Å². The Labute approximate surface area is 85.1 Å². The van der Waals surface area contributed by atoms with Gasteiger partial charge in [0.15, 0.2) is 0 Å². The van der Waals surface area contributed by atoms with Crippen LogP contribution in [0.25, 0.3) is 0 Å². The molecule has 79 valence electrons. The predicted molar refractivity (Wildman–Crippen MR) is 61.7 cm³/mol. The highest BCUT2D eigenvalue weighted by atomic mass is 14.3. The number of rotatable bonds is 3. The van der Waals surface area contributed by atoms with Crippen molar-refractivity contribution < 1.29 is 0 Å². The maximum absolute atomic E-state index is 2.32. The van der Waals surface area contributed by atoms with Crippen LogP contribution < -0.4 is 0 Å². The van der Waals surface area contributed by atoms with Gasteiger partial charge in [0.05, 0.1) is 0 Å². The summed E-state index contributed by atoms with van der Waals surface area (Å²) in [7, 11) is 0. The second-order valence-corrected chi connectivity index (χ2v) is 6.58. The molecule has 0 atom stereocenters. The highest BCUT2D eigenvalue weighted by molar-refractivity contribution is 4.95. The van der Waals surface area contributed by atoms with Crippen molar-refractivity contribution in [3.63, 3.8) is 0 Å². The van der Waals surface area contributed by atoms with Crippen molar-refractivity contribution in [1.82, 2.24) is 0 Å². The maximum Gasteiger partial charge on any atom is -0.0233 e. The van der Waals surface area contributed by atoms with Crippen molar-refractivity contribution >= 4 is 0 Å². The molecule has 0 aliphatic heterocycles. The third-order valence-corrected chi connectivity index (χ3v) is 2.06. The molecule has 0 aliphatic rings.